The van der Waals surface area contributed by atoms with E-state index in [0.29, 0.717) is 16.5 Å². The lowest BCUT2D eigenvalue weighted by Gasteiger charge is -2.12. The molecular weight excluding hydrogens is 385 g/mol. The van der Waals surface area contributed by atoms with Crippen molar-refractivity contribution < 1.29 is 27.5 Å². The smallest absolute Gasteiger partial charge is 0.435 e. The van der Waals surface area contributed by atoms with Crippen molar-refractivity contribution in [3.8, 4) is 0 Å². The monoisotopic (exact) mass is 404 g/mol. The second-order valence-corrected chi connectivity index (χ2v) is 6.73. The molecule has 0 aromatic carbocycles. The van der Waals surface area contributed by atoms with E-state index < -0.39 is 29.7 Å². The first-order valence-corrected chi connectivity index (χ1v) is 9.00. The maximum absolute atomic E-state index is 12.7. The van der Waals surface area contributed by atoms with Crippen molar-refractivity contribution in [3.05, 3.63) is 28.5 Å². The van der Waals surface area contributed by atoms with Gasteiger partial charge in [0.1, 0.15) is 0 Å². The van der Waals surface area contributed by atoms with E-state index in [1.807, 2.05) is 0 Å². The lowest BCUT2D eigenvalue weighted by Crippen LogP contribution is -2.25. The van der Waals surface area contributed by atoms with E-state index in [1.54, 1.807) is 19.2 Å². The molecule has 2 aromatic heterocycles. The summed E-state index contributed by atoms with van der Waals surface area (Å²) in [6, 6.07) is 0.938. The molecule has 0 saturated carbocycles. The van der Waals surface area contributed by atoms with Crippen LogP contribution in [0.25, 0.3) is 0 Å². The molecule has 0 spiro atoms. The third kappa shape index (κ3) is 5.78. The van der Waals surface area contributed by atoms with Crippen LogP contribution in [0.3, 0.4) is 0 Å². The fourth-order valence-corrected chi connectivity index (χ4v) is 2.92. The second kappa shape index (κ2) is 8.51. The molecule has 148 valence electrons. The molecule has 1 amide bonds. The lowest BCUT2D eigenvalue weighted by molar-refractivity contribution is -0.142. The van der Waals surface area contributed by atoms with E-state index in [-0.39, 0.29) is 19.6 Å². The predicted octanol–water partition coefficient (Wildman–Crippen LogP) is 3.05. The number of anilines is 1. The van der Waals surface area contributed by atoms with Crippen LogP contribution in [0.4, 0.5) is 18.3 Å². The molecule has 2 rings (SSSR count). The van der Waals surface area contributed by atoms with E-state index in [2.05, 4.69) is 15.4 Å². The molecule has 11 heteroatoms. The van der Waals surface area contributed by atoms with E-state index in [4.69, 9.17) is 4.74 Å². The Bertz CT molecular complexity index is 816. The molecule has 2 heterocycles. The minimum Gasteiger partial charge on any atom is -0.466 e. The van der Waals surface area contributed by atoms with Crippen LogP contribution in [0.1, 0.15) is 30.9 Å². The number of ether oxygens (including phenoxy) is 1. The number of carbonyl (C=O) groups excluding carboxylic acids is 2. The van der Waals surface area contributed by atoms with Gasteiger partial charge in [-0.3, -0.25) is 14.3 Å². The predicted molar refractivity (Wildman–Crippen MR) is 92.2 cm³/mol. The molecule has 0 bridgehead atoms. The number of hydrogen-bond donors (Lipinski definition) is 1. The quantitative estimate of drug-likeness (QED) is 0.717. The topological polar surface area (TPSA) is 86.1 Å². The summed E-state index contributed by atoms with van der Waals surface area (Å²) < 4.78 is 44.1. The van der Waals surface area contributed by atoms with Gasteiger partial charge in [-0.15, -0.1) is 11.3 Å². The third-order valence-corrected chi connectivity index (χ3v) is 4.39. The van der Waals surface area contributed by atoms with Crippen molar-refractivity contribution in [2.75, 3.05) is 11.9 Å². The van der Waals surface area contributed by atoms with Crippen LogP contribution in [0.15, 0.2) is 11.4 Å². The summed E-state index contributed by atoms with van der Waals surface area (Å²) in [4.78, 5) is 27.8. The molecule has 0 aliphatic carbocycles. The van der Waals surface area contributed by atoms with Crippen LogP contribution in [0.2, 0.25) is 0 Å². The van der Waals surface area contributed by atoms with Crippen LogP contribution in [0, 0.1) is 12.8 Å². The fourth-order valence-electron chi connectivity index (χ4n) is 2.21. The van der Waals surface area contributed by atoms with Crippen molar-refractivity contribution in [3.63, 3.8) is 0 Å². The average molecular weight is 404 g/mol. The molecule has 27 heavy (non-hydrogen) atoms. The first kappa shape index (κ1) is 20.9. The Kier molecular flexibility index (Phi) is 6.58. The number of aromatic nitrogens is 3. The first-order chi connectivity index (χ1) is 12.6. The molecule has 1 N–H and O–H groups in total. The summed E-state index contributed by atoms with van der Waals surface area (Å²) in [7, 11) is 0. The Balaban J connectivity index is 1.95. The summed E-state index contributed by atoms with van der Waals surface area (Å²) in [6.07, 6.45) is -4.53. The third-order valence-electron chi connectivity index (χ3n) is 3.58. The summed E-state index contributed by atoms with van der Waals surface area (Å²) in [5.41, 5.74) is -0.205. The highest BCUT2D eigenvalue weighted by Gasteiger charge is 2.34. The number of aryl methyl sites for hydroxylation is 1. The lowest BCUT2D eigenvalue weighted by atomic mass is 10.1. The normalized spacial score (nSPS) is 12.7. The fraction of sp³-hybridized carbons (Fsp3) is 0.500. The zero-order valence-electron chi connectivity index (χ0n) is 15.0. The van der Waals surface area contributed by atoms with Crippen molar-refractivity contribution >= 4 is 28.3 Å². The molecule has 1 atom stereocenters. The molecule has 0 saturated heterocycles. The minimum atomic E-state index is -4.53. The number of carbonyl (C=O) groups is 2. The van der Waals surface area contributed by atoms with Crippen molar-refractivity contribution in [1.82, 2.24) is 14.8 Å². The van der Waals surface area contributed by atoms with Crippen molar-refractivity contribution in [2.45, 2.75) is 39.9 Å². The van der Waals surface area contributed by atoms with Crippen LogP contribution >= 0.6 is 11.3 Å². The van der Waals surface area contributed by atoms with Gasteiger partial charge in [0, 0.05) is 11.1 Å². The number of amides is 1. The number of nitrogens with one attached hydrogen (secondary N) is 1. The molecule has 1 unspecified atom stereocenters. The van der Waals surface area contributed by atoms with Gasteiger partial charge in [-0.05, 0) is 19.9 Å². The van der Waals surface area contributed by atoms with Crippen LogP contribution in [-0.2, 0) is 33.5 Å². The van der Waals surface area contributed by atoms with Gasteiger partial charge in [0.15, 0.2) is 10.8 Å². The number of alkyl halides is 3. The molecule has 0 aliphatic rings. The van der Waals surface area contributed by atoms with Crippen LogP contribution in [-0.4, -0.2) is 33.2 Å². The second-order valence-electron chi connectivity index (χ2n) is 5.87. The Hall–Kier alpha value is -2.43. The molecular formula is C16H19F3N4O3S. The number of halogens is 3. The van der Waals surface area contributed by atoms with E-state index >= 15 is 0 Å². The Morgan fingerprint density at radius 3 is 2.70 bits per heavy atom. The number of nitrogens with zero attached hydrogens (tertiary/aromatic N) is 3. The maximum Gasteiger partial charge on any atom is 0.435 e. The van der Waals surface area contributed by atoms with Gasteiger partial charge in [-0.25, -0.2) is 4.98 Å². The maximum atomic E-state index is 12.7. The number of thiazole rings is 1. The Labute approximate surface area is 157 Å². The van der Waals surface area contributed by atoms with Crippen molar-refractivity contribution in [2.24, 2.45) is 5.92 Å². The standard InChI is InChI=1S/C16H19F3N4O3S/c1-4-26-13(24)6-11-8-27-15(20-11)21-14(25)9(2)7-23-10(3)5-12(22-23)16(17,18)19/h5,8-9H,4,6-7H2,1-3H3,(H,20,21,25). The van der Waals surface area contributed by atoms with Crippen LogP contribution in [0.5, 0.6) is 0 Å². The molecule has 2 aromatic rings. The summed E-state index contributed by atoms with van der Waals surface area (Å²) in [6.45, 7) is 5.04. The van der Waals surface area contributed by atoms with E-state index in [0.717, 1.165) is 22.1 Å². The molecule has 7 nitrogen and oxygen atoms in total. The molecule has 0 aliphatic heterocycles. The first-order valence-electron chi connectivity index (χ1n) is 8.12. The van der Waals surface area contributed by atoms with Gasteiger partial charge in [0.2, 0.25) is 5.91 Å². The van der Waals surface area contributed by atoms with Crippen molar-refractivity contribution in [1.29, 1.82) is 0 Å². The molecule has 0 fully saturated rings. The SMILES string of the molecule is CCOC(=O)Cc1csc(NC(=O)C(C)Cn2nc(C(F)(F)F)cc2C)n1. The highest BCUT2D eigenvalue weighted by atomic mass is 32.1. The van der Waals surface area contributed by atoms with Gasteiger partial charge in [-0.2, -0.15) is 18.3 Å². The van der Waals surface area contributed by atoms with Crippen LogP contribution < -0.4 is 5.32 Å². The highest BCUT2D eigenvalue weighted by molar-refractivity contribution is 7.13. The summed E-state index contributed by atoms with van der Waals surface area (Å²) >= 11 is 1.15. The van der Waals surface area contributed by atoms with E-state index in [9.17, 15) is 22.8 Å². The van der Waals surface area contributed by atoms with Gasteiger partial charge in [0.25, 0.3) is 0 Å². The summed E-state index contributed by atoms with van der Waals surface area (Å²) in [5, 5.41) is 8.04. The Morgan fingerprint density at radius 1 is 1.41 bits per heavy atom. The summed E-state index contributed by atoms with van der Waals surface area (Å²) in [5.74, 6) is -1.46. The van der Waals surface area contributed by atoms with Gasteiger partial charge >= 0.3 is 12.1 Å². The van der Waals surface area contributed by atoms with E-state index in [1.165, 1.54) is 6.92 Å². The Morgan fingerprint density at radius 2 is 2.11 bits per heavy atom. The highest BCUT2D eigenvalue weighted by Crippen LogP contribution is 2.28. The van der Waals surface area contributed by atoms with Gasteiger partial charge in [0.05, 0.1) is 31.2 Å². The zero-order valence-corrected chi connectivity index (χ0v) is 15.8. The molecule has 0 radical (unpaired) electrons. The van der Waals surface area contributed by atoms with Gasteiger partial charge in [-0.1, -0.05) is 6.92 Å². The number of hydrogen-bond acceptors (Lipinski definition) is 6. The van der Waals surface area contributed by atoms with Gasteiger partial charge < -0.3 is 10.1 Å². The number of esters is 1. The largest absolute Gasteiger partial charge is 0.466 e. The number of rotatable bonds is 7. The average Bonchev–Trinajstić information content (AvgIpc) is 3.14. The zero-order chi connectivity index (χ0) is 20.2. The minimum absolute atomic E-state index is 0.00245.